The lowest BCUT2D eigenvalue weighted by atomic mass is 9.78. The summed E-state index contributed by atoms with van der Waals surface area (Å²) in [5.41, 5.74) is 2.53. The van der Waals surface area contributed by atoms with E-state index >= 15 is 0 Å². The molecule has 19 heavy (non-hydrogen) atoms. The van der Waals surface area contributed by atoms with Gasteiger partial charge in [-0.15, -0.1) is 0 Å². The molecule has 0 aliphatic heterocycles. The Kier molecular flexibility index (Phi) is 4.73. The number of hydrogen-bond donors (Lipinski definition) is 1. The summed E-state index contributed by atoms with van der Waals surface area (Å²) in [5.74, 6) is 2.49. The van der Waals surface area contributed by atoms with Crippen molar-refractivity contribution >= 4 is 5.69 Å². The molecule has 2 atom stereocenters. The number of benzene rings is 1. The van der Waals surface area contributed by atoms with Gasteiger partial charge in [-0.3, -0.25) is 0 Å². The molecule has 1 aromatic carbocycles. The van der Waals surface area contributed by atoms with Gasteiger partial charge in [0.1, 0.15) is 5.75 Å². The Hall–Kier alpha value is -1.18. The Morgan fingerprint density at radius 2 is 1.89 bits per heavy atom. The van der Waals surface area contributed by atoms with E-state index in [1.54, 1.807) is 0 Å². The van der Waals surface area contributed by atoms with Crippen molar-refractivity contribution in [1.29, 1.82) is 0 Å². The largest absolute Gasteiger partial charge is 0.494 e. The zero-order chi connectivity index (χ0) is 13.8. The molecule has 0 amide bonds. The van der Waals surface area contributed by atoms with Gasteiger partial charge in [-0.25, -0.2) is 0 Å². The average Bonchev–Trinajstić information content (AvgIpc) is 2.37. The van der Waals surface area contributed by atoms with Gasteiger partial charge in [0.25, 0.3) is 0 Å². The summed E-state index contributed by atoms with van der Waals surface area (Å²) in [6, 6.07) is 6.96. The van der Waals surface area contributed by atoms with Crippen molar-refractivity contribution < 1.29 is 4.74 Å². The van der Waals surface area contributed by atoms with Crippen molar-refractivity contribution in [3.63, 3.8) is 0 Å². The van der Waals surface area contributed by atoms with Crippen molar-refractivity contribution in [2.24, 2.45) is 11.8 Å². The fourth-order valence-corrected chi connectivity index (χ4v) is 3.20. The van der Waals surface area contributed by atoms with Gasteiger partial charge in [-0.2, -0.15) is 0 Å². The van der Waals surface area contributed by atoms with Crippen molar-refractivity contribution in [3.05, 3.63) is 23.8 Å². The number of ether oxygens (including phenoxy) is 1. The van der Waals surface area contributed by atoms with Crippen LogP contribution >= 0.6 is 0 Å². The first-order valence-electron chi connectivity index (χ1n) is 7.61. The SMILES string of the molecule is CCOc1ccc(NC2C(C)CCCC2C)c(C)c1. The fraction of sp³-hybridized carbons (Fsp3) is 0.647. The summed E-state index contributed by atoms with van der Waals surface area (Å²) in [6.07, 6.45) is 4.07. The van der Waals surface area contributed by atoms with Gasteiger partial charge < -0.3 is 10.1 Å². The quantitative estimate of drug-likeness (QED) is 0.853. The highest BCUT2D eigenvalue weighted by molar-refractivity contribution is 5.54. The van der Waals surface area contributed by atoms with Crippen LogP contribution < -0.4 is 10.1 Å². The highest BCUT2D eigenvalue weighted by Crippen LogP contribution is 2.32. The van der Waals surface area contributed by atoms with Crippen LogP contribution in [0.3, 0.4) is 0 Å². The van der Waals surface area contributed by atoms with Crippen molar-refractivity contribution in [3.8, 4) is 5.75 Å². The summed E-state index contributed by atoms with van der Waals surface area (Å²) in [4.78, 5) is 0. The van der Waals surface area contributed by atoms with E-state index in [1.165, 1.54) is 30.5 Å². The first-order chi connectivity index (χ1) is 9.11. The van der Waals surface area contributed by atoms with E-state index in [0.717, 1.165) is 24.2 Å². The molecule has 1 aromatic rings. The Labute approximate surface area is 117 Å². The van der Waals surface area contributed by atoms with Crippen LogP contribution in [0.4, 0.5) is 5.69 Å². The van der Waals surface area contributed by atoms with Crippen molar-refractivity contribution in [2.45, 2.75) is 53.0 Å². The highest BCUT2D eigenvalue weighted by Gasteiger charge is 2.27. The molecule has 106 valence electrons. The predicted octanol–water partition coefficient (Wildman–Crippen LogP) is 4.63. The second-order valence-electron chi connectivity index (χ2n) is 5.97. The van der Waals surface area contributed by atoms with Gasteiger partial charge in [0.2, 0.25) is 0 Å². The maximum Gasteiger partial charge on any atom is 0.119 e. The Morgan fingerprint density at radius 1 is 1.21 bits per heavy atom. The average molecular weight is 261 g/mol. The molecule has 0 bridgehead atoms. The second-order valence-corrected chi connectivity index (χ2v) is 5.97. The fourth-order valence-electron chi connectivity index (χ4n) is 3.20. The summed E-state index contributed by atoms with van der Waals surface area (Å²) in [5, 5.41) is 3.76. The molecule has 1 aliphatic rings. The molecule has 2 nitrogen and oxygen atoms in total. The van der Waals surface area contributed by atoms with E-state index in [4.69, 9.17) is 4.74 Å². The molecule has 2 heteroatoms. The predicted molar refractivity (Wildman–Crippen MR) is 81.9 cm³/mol. The molecular weight excluding hydrogens is 234 g/mol. The summed E-state index contributed by atoms with van der Waals surface area (Å²) < 4.78 is 5.55. The van der Waals surface area contributed by atoms with E-state index < -0.39 is 0 Å². The van der Waals surface area contributed by atoms with E-state index in [9.17, 15) is 0 Å². The van der Waals surface area contributed by atoms with Crippen LogP contribution in [0.25, 0.3) is 0 Å². The molecule has 2 unspecified atom stereocenters. The summed E-state index contributed by atoms with van der Waals surface area (Å²) in [6.45, 7) is 9.65. The molecule has 0 spiro atoms. The molecule has 0 radical (unpaired) electrons. The van der Waals surface area contributed by atoms with Crippen LogP contribution in [0, 0.1) is 18.8 Å². The molecule has 0 saturated heterocycles. The van der Waals surface area contributed by atoms with Gasteiger partial charge in [0.05, 0.1) is 6.61 Å². The van der Waals surface area contributed by atoms with E-state index in [1.807, 2.05) is 6.92 Å². The maximum atomic E-state index is 5.55. The molecule has 1 fully saturated rings. The highest BCUT2D eigenvalue weighted by atomic mass is 16.5. The topological polar surface area (TPSA) is 21.3 Å². The molecule has 2 rings (SSSR count). The molecular formula is C17H27NO. The number of anilines is 1. The van der Waals surface area contributed by atoms with Gasteiger partial charge in [-0.1, -0.05) is 20.3 Å². The van der Waals surface area contributed by atoms with E-state index in [-0.39, 0.29) is 0 Å². The first-order valence-corrected chi connectivity index (χ1v) is 7.61. The van der Waals surface area contributed by atoms with E-state index in [2.05, 4.69) is 44.3 Å². The van der Waals surface area contributed by atoms with Crippen LogP contribution in [0.1, 0.15) is 45.6 Å². The third-order valence-electron chi connectivity index (χ3n) is 4.38. The number of nitrogens with one attached hydrogen (secondary N) is 1. The lowest BCUT2D eigenvalue weighted by molar-refractivity contribution is 0.268. The zero-order valence-corrected chi connectivity index (χ0v) is 12.7. The van der Waals surface area contributed by atoms with Crippen LogP contribution in [-0.4, -0.2) is 12.6 Å². The third kappa shape index (κ3) is 3.43. The smallest absolute Gasteiger partial charge is 0.119 e. The Bertz CT molecular complexity index is 406. The van der Waals surface area contributed by atoms with Gasteiger partial charge in [-0.05, 0) is 62.3 Å². The van der Waals surface area contributed by atoms with Crippen molar-refractivity contribution in [1.82, 2.24) is 0 Å². The molecule has 0 heterocycles. The minimum absolute atomic E-state index is 0.602. The van der Waals surface area contributed by atoms with Crippen LogP contribution in [0.2, 0.25) is 0 Å². The van der Waals surface area contributed by atoms with Gasteiger partial charge in [0, 0.05) is 11.7 Å². The van der Waals surface area contributed by atoms with Crippen LogP contribution in [0.5, 0.6) is 5.75 Å². The Morgan fingerprint density at radius 3 is 2.47 bits per heavy atom. The minimum Gasteiger partial charge on any atom is -0.494 e. The summed E-state index contributed by atoms with van der Waals surface area (Å²) in [7, 11) is 0. The Balaban J connectivity index is 2.09. The lowest BCUT2D eigenvalue weighted by Gasteiger charge is -2.36. The summed E-state index contributed by atoms with van der Waals surface area (Å²) >= 11 is 0. The van der Waals surface area contributed by atoms with E-state index in [0.29, 0.717) is 6.04 Å². The zero-order valence-electron chi connectivity index (χ0n) is 12.7. The third-order valence-corrected chi connectivity index (χ3v) is 4.38. The van der Waals surface area contributed by atoms with Gasteiger partial charge >= 0.3 is 0 Å². The monoisotopic (exact) mass is 261 g/mol. The molecule has 1 N–H and O–H groups in total. The first kappa shape index (κ1) is 14.2. The van der Waals surface area contributed by atoms with Crippen LogP contribution in [0.15, 0.2) is 18.2 Å². The van der Waals surface area contributed by atoms with Crippen molar-refractivity contribution in [2.75, 3.05) is 11.9 Å². The number of hydrogen-bond acceptors (Lipinski definition) is 2. The minimum atomic E-state index is 0.602. The maximum absolute atomic E-state index is 5.55. The standard InChI is InChI=1S/C17H27NO/c1-5-19-15-9-10-16(14(4)11-15)18-17-12(2)7-6-8-13(17)3/h9-13,17-18H,5-8H2,1-4H3. The number of rotatable bonds is 4. The molecule has 1 saturated carbocycles. The second kappa shape index (κ2) is 6.31. The number of aryl methyl sites for hydroxylation is 1. The van der Waals surface area contributed by atoms with Gasteiger partial charge in [0.15, 0.2) is 0 Å². The van der Waals surface area contributed by atoms with Crippen LogP contribution in [-0.2, 0) is 0 Å². The normalized spacial score (nSPS) is 27.1. The molecule has 0 aromatic heterocycles. The lowest BCUT2D eigenvalue weighted by Crippen LogP contribution is -2.37. The molecule has 1 aliphatic carbocycles.